The molecule has 2 fully saturated rings. The van der Waals surface area contributed by atoms with Crippen LogP contribution in [0.5, 0.6) is 0 Å². The molecule has 1 radical (unpaired) electrons. The van der Waals surface area contributed by atoms with E-state index in [4.69, 9.17) is 0 Å². The molecule has 2 aliphatic carbocycles. The molecule has 0 spiro atoms. The zero-order valence-corrected chi connectivity index (χ0v) is 4.81. The van der Waals surface area contributed by atoms with Gasteiger partial charge in [-0.3, -0.25) is 4.79 Å². The molecule has 2 aliphatic rings. The molecule has 0 aromatic carbocycles. The number of hydrogen-bond donors (Lipinski definition) is 0. The van der Waals surface area contributed by atoms with E-state index in [1.165, 1.54) is 12.8 Å². The lowest BCUT2D eigenvalue weighted by Crippen LogP contribution is -2.49. The molecule has 0 aliphatic heterocycles. The van der Waals surface area contributed by atoms with Gasteiger partial charge in [0, 0.05) is 5.41 Å². The Bertz CT molecular complexity index is 120. The van der Waals surface area contributed by atoms with Gasteiger partial charge in [-0.15, -0.1) is 0 Å². The minimum absolute atomic E-state index is 0.0972. The molecule has 8 heavy (non-hydrogen) atoms. The Morgan fingerprint density at radius 3 is 2.00 bits per heavy atom. The molecule has 0 saturated heterocycles. The summed E-state index contributed by atoms with van der Waals surface area (Å²) >= 11 is 0. The highest BCUT2D eigenvalue weighted by atomic mass is 16.1. The predicted molar refractivity (Wildman–Crippen MR) is 30.1 cm³/mol. The van der Waals surface area contributed by atoms with Gasteiger partial charge in [-0.25, -0.2) is 0 Å². The number of hydrogen-bond acceptors (Lipinski definition) is 1. The van der Waals surface area contributed by atoms with E-state index in [1.807, 2.05) is 0 Å². The summed E-state index contributed by atoms with van der Waals surface area (Å²) in [5.74, 6) is 0.750. The van der Waals surface area contributed by atoms with Gasteiger partial charge in [-0.1, -0.05) is 0 Å². The topological polar surface area (TPSA) is 17.1 Å². The average molecular weight is 109 g/mol. The molecule has 0 amide bonds. The third kappa shape index (κ3) is 0.289. The van der Waals surface area contributed by atoms with Gasteiger partial charge in [-0.05, 0) is 31.6 Å². The summed E-state index contributed by atoms with van der Waals surface area (Å²) in [5.41, 5.74) is 0.0972. The van der Waals surface area contributed by atoms with Crippen molar-refractivity contribution in [2.45, 2.75) is 25.7 Å². The van der Waals surface area contributed by atoms with E-state index >= 15 is 0 Å². The summed E-state index contributed by atoms with van der Waals surface area (Å²) in [6.07, 6.45) is 6.99. The summed E-state index contributed by atoms with van der Waals surface area (Å²) in [6.45, 7) is 0. The van der Waals surface area contributed by atoms with Crippen LogP contribution in [0.1, 0.15) is 25.7 Å². The second-order valence-corrected chi connectivity index (χ2v) is 3.03. The summed E-state index contributed by atoms with van der Waals surface area (Å²) < 4.78 is 0. The van der Waals surface area contributed by atoms with Crippen molar-refractivity contribution in [3.63, 3.8) is 0 Å². The summed E-state index contributed by atoms with van der Waals surface area (Å²) in [6, 6.07) is 0. The Kier molecular flexibility index (Phi) is 0.651. The van der Waals surface area contributed by atoms with E-state index < -0.39 is 0 Å². The third-order valence-corrected chi connectivity index (χ3v) is 2.86. The normalized spacial score (nSPS) is 50.8. The SMILES string of the molecule is O=[C]C12CCC1CC2. The zero-order valence-electron chi connectivity index (χ0n) is 4.81. The molecule has 1 heteroatoms. The van der Waals surface area contributed by atoms with Gasteiger partial charge < -0.3 is 0 Å². The number of fused-ring (bicyclic) bond motifs is 1. The van der Waals surface area contributed by atoms with E-state index in [2.05, 4.69) is 6.29 Å². The lowest BCUT2D eigenvalue weighted by Gasteiger charge is -2.54. The zero-order chi connectivity index (χ0) is 5.61. The molecule has 0 unspecified atom stereocenters. The van der Waals surface area contributed by atoms with Crippen molar-refractivity contribution >= 4 is 6.29 Å². The minimum Gasteiger partial charge on any atom is -0.290 e. The fraction of sp³-hybridized carbons (Fsp3) is 0.857. The second-order valence-electron chi connectivity index (χ2n) is 3.03. The first-order valence-corrected chi connectivity index (χ1v) is 3.27. The van der Waals surface area contributed by atoms with Crippen molar-refractivity contribution < 1.29 is 4.79 Å². The van der Waals surface area contributed by atoms with Gasteiger partial charge in [-0.2, -0.15) is 0 Å². The highest BCUT2D eigenvalue weighted by molar-refractivity contribution is 5.64. The molecular weight excluding hydrogens is 100 g/mol. The maximum atomic E-state index is 10.2. The summed E-state index contributed by atoms with van der Waals surface area (Å²) in [4.78, 5) is 10.2. The second kappa shape index (κ2) is 1.15. The average Bonchev–Trinajstić information content (AvgIpc) is 1.78. The molecule has 0 heterocycles. The fourth-order valence-corrected chi connectivity index (χ4v) is 1.85. The van der Waals surface area contributed by atoms with E-state index in [0.29, 0.717) is 0 Å². The Labute approximate surface area is 49.1 Å². The first-order valence-electron chi connectivity index (χ1n) is 3.27. The van der Waals surface area contributed by atoms with Crippen LogP contribution in [0.2, 0.25) is 0 Å². The lowest BCUT2D eigenvalue weighted by molar-refractivity contribution is -0.00855. The Morgan fingerprint density at radius 1 is 1.38 bits per heavy atom. The first kappa shape index (κ1) is 4.54. The van der Waals surface area contributed by atoms with Crippen molar-refractivity contribution in [3.8, 4) is 0 Å². The van der Waals surface area contributed by atoms with E-state index in [0.717, 1.165) is 18.8 Å². The maximum Gasteiger partial charge on any atom is 0.205 e. The van der Waals surface area contributed by atoms with Gasteiger partial charge >= 0.3 is 0 Å². The molecule has 0 atom stereocenters. The molecule has 0 aromatic heterocycles. The van der Waals surface area contributed by atoms with Gasteiger partial charge in [0.2, 0.25) is 6.29 Å². The number of rotatable bonds is 1. The van der Waals surface area contributed by atoms with Crippen LogP contribution in [0.15, 0.2) is 0 Å². The van der Waals surface area contributed by atoms with Crippen LogP contribution in [0.3, 0.4) is 0 Å². The number of carbonyl (C=O) groups excluding carboxylic acids is 1. The highest BCUT2D eigenvalue weighted by Gasteiger charge is 2.54. The molecule has 0 aromatic rings. The largest absolute Gasteiger partial charge is 0.290 e. The van der Waals surface area contributed by atoms with Gasteiger partial charge in [0.25, 0.3) is 0 Å². The summed E-state index contributed by atoms with van der Waals surface area (Å²) in [5, 5.41) is 0. The van der Waals surface area contributed by atoms with E-state index in [-0.39, 0.29) is 5.41 Å². The Hall–Kier alpha value is -0.330. The first-order chi connectivity index (χ1) is 3.87. The molecule has 43 valence electrons. The van der Waals surface area contributed by atoms with E-state index in [9.17, 15) is 4.79 Å². The Morgan fingerprint density at radius 2 is 2.00 bits per heavy atom. The van der Waals surface area contributed by atoms with Crippen LogP contribution in [0.4, 0.5) is 0 Å². The van der Waals surface area contributed by atoms with Gasteiger partial charge in [0.1, 0.15) is 0 Å². The van der Waals surface area contributed by atoms with Crippen molar-refractivity contribution in [1.29, 1.82) is 0 Å². The molecule has 2 saturated carbocycles. The van der Waals surface area contributed by atoms with Crippen molar-refractivity contribution in [3.05, 3.63) is 0 Å². The monoisotopic (exact) mass is 109 g/mol. The predicted octanol–water partition coefficient (Wildman–Crippen LogP) is 1.29. The standard InChI is InChI=1S/C7H9O/c8-5-7-3-1-6(7)2-4-7/h6H,1-4H2. The molecule has 0 N–H and O–H groups in total. The molecule has 1 nitrogen and oxygen atoms in total. The van der Waals surface area contributed by atoms with Gasteiger partial charge in [0.05, 0.1) is 0 Å². The van der Waals surface area contributed by atoms with Crippen LogP contribution in [-0.4, -0.2) is 6.29 Å². The quantitative estimate of drug-likeness (QED) is 0.495. The van der Waals surface area contributed by atoms with Crippen molar-refractivity contribution in [2.75, 3.05) is 0 Å². The van der Waals surface area contributed by atoms with Gasteiger partial charge in [0.15, 0.2) is 0 Å². The summed E-state index contributed by atoms with van der Waals surface area (Å²) in [7, 11) is 0. The smallest absolute Gasteiger partial charge is 0.205 e. The van der Waals surface area contributed by atoms with Crippen LogP contribution in [0, 0.1) is 11.3 Å². The molecule has 0 bridgehead atoms. The van der Waals surface area contributed by atoms with Crippen LogP contribution in [-0.2, 0) is 4.79 Å². The Balaban J connectivity index is 2.15. The highest BCUT2D eigenvalue weighted by Crippen LogP contribution is 2.59. The molecular formula is C7H9O. The maximum absolute atomic E-state index is 10.2. The lowest BCUT2D eigenvalue weighted by atomic mass is 9.48. The molecule has 2 rings (SSSR count). The van der Waals surface area contributed by atoms with Crippen LogP contribution >= 0.6 is 0 Å². The minimum atomic E-state index is 0.0972. The third-order valence-electron chi connectivity index (χ3n) is 2.86. The van der Waals surface area contributed by atoms with Crippen molar-refractivity contribution in [1.82, 2.24) is 0 Å². The van der Waals surface area contributed by atoms with E-state index in [1.54, 1.807) is 0 Å². The van der Waals surface area contributed by atoms with Crippen molar-refractivity contribution in [2.24, 2.45) is 11.3 Å². The van der Waals surface area contributed by atoms with Crippen LogP contribution in [0.25, 0.3) is 0 Å². The van der Waals surface area contributed by atoms with Crippen LogP contribution < -0.4 is 0 Å². The fourth-order valence-electron chi connectivity index (χ4n) is 1.85.